The minimum absolute atomic E-state index is 0.0597. The van der Waals surface area contributed by atoms with Crippen LogP contribution < -0.4 is 0 Å². The van der Waals surface area contributed by atoms with Gasteiger partial charge in [0.15, 0.2) is 11.6 Å². The Labute approximate surface area is 232 Å². The van der Waals surface area contributed by atoms with E-state index in [1.54, 1.807) is 48.5 Å². The molecule has 4 rings (SSSR count). The Balaban J connectivity index is 1.39. The van der Waals surface area contributed by atoms with Crippen LogP contribution in [0.1, 0.15) is 102 Å². The Morgan fingerprint density at radius 1 is 0.692 bits per heavy atom. The van der Waals surface area contributed by atoms with Crippen LogP contribution in [0.5, 0.6) is 0 Å². The van der Waals surface area contributed by atoms with Crippen molar-refractivity contribution in [2.75, 3.05) is 6.61 Å². The molecule has 1 nitrogen and oxygen atoms in total. The van der Waals surface area contributed by atoms with Gasteiger partial charge in [-0.1, -0.05) is 107 Å². The van der Waals surface area contributed by atoms with E-state index in [4.69, 9.17) is 4.74 Å². The molecule has 0 saturated carbocycles. The van der Waals surface area contributed by atoms with Crippen LogP contribution in [0.3, 0.4) is 0 Å². The molecule has 0 amide bonds. The standard InChI is InChI=1S/C35H43F3O/c1-3-5-7-8-10-12-28-18-21-31(35(38)34(28)37)27-16-14-26(15-17-27)30-20-19-29(23-32(30)36)33-22-13-25(24-39-33)11-9-6-4-2/h14-21,23,25,33H,3-13,22,24H2,1-2H3. The van der Waals surface area contributed by atoms with Crippen molar-refractivity contribution < 1.29 is 17.9 Å². The Morgan fingerprint density at radius 3 is 2.03 bits per heavy atom. The first-order valence-corrected chi connectivity index (χ1v) is 15.0. The molecule has 1 heterocycles. The summed E-state index contributed by atoms with van der Waals surface area (Å²) in [6, 6.07) is 15.7. The molecule has 0 spiro atoms. The lowest BCUT2D eigenvalue weighted by molar-refractivity contribution is -0.0200. The first kappa shape index (κ1) is 29.4. The summed E-state index contributed by atoms with van der Waals surface area (Å²) in [6.07, 6.45) is 12.8. The average Bonchev–Trinajstić information content (AvgIpc) is 2.96. The third-order valence-electron chi connectivity index (χ3n) is 8.17. The van der Waals surface area contributed by atoms with Crippen LogP contribution in [-0.4, -0.2) is 6.61 Å². The topological polar surface area (TPSA) is 9.23 Å². The van der Waals surface area contributed by atoms with Crippen molar-refractivity contribution in [2.45, 2.75) is 97.0 Å². The number of ether oxygens (including phenoxy) is 1. The van der Waals surface area contributed by atoms with E-state index in [1.807, 2.05) is 6.07 Å². The number of aryl methyl sites for hydroxylation is 1. The molecule has 1 fully saturated rings. The summed E-state index contributed by atoms with van der Waals surface area (Å²) in [7, 11) is 0. The number of hydrogen-bond donors (Lipinski definition) is 0. The molecule has 2 atom stereocenters. The summed E-state index contributed by atoms with van der Waals surface area (Å²) in [4.78, 5) is 0. The molecule has 3 aromatic rings. The van der Waals surface area contributed by atoms with Crippen molar-refractivity contribution in [3.8, 4) is 22.3 Å². The highest BCUT2D eigenvalue weighted by atomic mass is 19.2. The molecule has 4 heteroatoms. The van der Waals surface area contributed by atoms with E-state index in [2.05, 4.69) is 13.8 Å². The summed E-state index contributed by atoms with van der Waals surface area (Å²) < 4.78 is 51.0. The van der Waals surface area contributed by atoms with Gasteiger partial charge in [0.1, 0.15) is 5.82 Å². The molecular formula is C35H43F3O. The molecule has 3 aromatic carbocycles. The van der Waals surface area contributed by atoms with E-state index < -0.39 is 11.6 Å². The van der Waals surface area contributed by atoms with Crippen molar-refractivity contribution in [3.05, 3.63) is 83.2 Å². The van der Waals surface area contributed by atoms with Gasteiger partial charge in [-0.25, -0.2) is 13.2 Å². The number of rotatable bonds is 13. The van der Waals surface area contributed by atoms with E-state index in [-0.39, 0.29) is 17.5 Å². The second-order valence-corrected chi connectivity index (χ2v) is 11.1. The maximum atomic E-state index is 15.2. The summed E-state index contributed by atoms with van der Waals surface area (Å²) in [5, 5.41) is 0. The van der Waals surface area contributed by atoms with Crippen LogP contribution in [0, 0.1) is 23.4 Å². The normalized spacial score (nSPS) is 17.5. The fourth-order valence-electron chi connectivity index (χ4n) is 5.70. The quantitative estimate of drug-likeness (QED) is 0.197. The lowest BCUT2D eigenvalue weighted by Gasteiger charge is -2.29. The van der Waals surface area contributed by atoms with E-state index in [9.17, 15) is 8.78 Å². The average molecular weight is 537 g/mol. The summed E-state index contributed by atoms with van der Waals surface area (Å²) in [5.41, 5.74) is 3.30. The molecule has 1 aliphatic rings. The van der Waals surface area contributed by atoms with Crippen LogP contribution in [0.2, 0.25) is 0 Å². The smallest absolute Gasteiger partial charge is 0.166 e. The maximum absolute atomic E-state index is 15.2. The molecule has 210 valence electrons. The monoisotopic (exact) mass is 536 g/mol. The third-order valence-corrected chi connectivity index (χ3v) is 8.17. The Hall–Kier alpha value is -2.59. The van der Waals surface area contributed by atoms with Crippen LogP contribution in [-0.2, 0) is 11.2 Å². The summed E-state index contributed by atoms with van der Waals surface area (Å²) >= 11 is 0. The zero-order chi connectivity index (χ0) is 27.6. The fraction of sp³-hybridized carbons (Fsp3) is 0.486. The molecule has 0 bridgehead atoms. The van der Waals surface area contributed by atoms with Gasteiger partial charge in [-0.2, -0.15) is 0 Å². The molecule has 1 saturated heterocycles. The van der Waals surface area contributed by atoms with Gasteiger partial charge in [-0.05, 0) is 66.3 Å². The third kappa shape index (κ3) is 7.75. The molecule has 2 unspecified atom stereocenters. The molecule has 0 radical (unpaired) electrons. The van der Waals surface area contributed by atoms with Crippen molar-refractivity contribution in [3.63, 3.8) is 0 Å². The van der Waals surface area contributed by atoms with E-state index in [1.165, 1.54) is 32.1 Å². The first-order chi connectivity index (χ1) is 19.0. The minimum Gasteiger partial charge on any atom is -0.373 e. The van der Waals surface area contributed by atoms with Crippen LogP contribution in [0.4, 0.5) is 13.2 Å². The van der Waals surface area contributed by atoms with Crippen molar-refractivity contribution in [1.82, 2.24) is 0 Å². The second kappa shape index (κ2) is 14.7. The number of halogens is 3. The van der Waals surface area contributed by atoms with Gasteiger partial charge >= 0.3 is 0 Å². The van der Waals surface area contributed by atoms with Crippen LogP contribution >= 0.6 is 0 Å². The number of unbranched alkanes of at least 4 members (excludes halogenated alkanes) is 6. The number of benzene rings is 3. The predicted molar refractivity (Wildman–Crippen MR) is 155 cm³/mol. The van der Waals surface area contributed by atoms with Gasteiger partial charge in [0.2, 0.25) is 0 Å². The van der Waals surface area contributed by atoms with Crippen molar-refractivity contribution >= 4 is 0 Å². The Kier molecular flexibility index (Phi) is 11.1. The predicted octanol–water partition coefficient (Wildman–Crippen LogP) is 11.0. The summed E-state index contributed by atoms with van der Waals surface area (Å²) in [5.74, 6) is -1.26. The van der Waals surface area contributed by atoms with E-state index >= 15 is 4.39 Å². The maximum Gasteiger partial charge on any atom is 0.166 e. The minimum atomic E-state index is -0.815. The first-order valence-electron chi connectivity index (χ1n) is 15.0. The van der Waals surface area contributed by atoms with Gasteiger partial charge in [0.05, 0.1) is 12.7 Å². The highest BCUT2D eigenvalue weighted by Gasteiger charge is 2.23. The van der Waals surface area contributed by atoms with Crippen LogP contribution in [0.15, 0.2) is 54.6 Å². The zero-order valence-corrected chi connectivity index (χ0v) is 23.6. The lowest BCUT2D eigenvalue weighted by Crippen LogP contribution is -2.20. The lowest BCUT2D eigenvalue weighted by atomic mass is 9.90. The van der Waals surface area contributed by atoms with Gasteiger partial charge in [0.25, 0.3) is 0 Å². The largest absolute Gasteiger partial charge is 0.373 e. The fourth-order valence-corrected chi connectivity index (χ4v) is 5.70. The van der Waals surface area contributed by atoms with E-state index in [0.29, 0.717) is 34.6 Å². The van der Waals surface area contributed by atoms with Crippen LogP contribution in [0.25, 0.3) is 22.3 Å². The Bertz CT molecular complexity index is 1180. The summed E-state index contributed by atoms with van der Waals surface area (Å²) in [6.45, 7) is 5.12. The van der Waals surface area contributed by atoms with Gasteiger partial charge in [0, 0.05) is 11.1 Å². The molecule has 0 N–H and O–H groups in total. The zero-order valence-electron chi connectivity index (χ0n) is 23.6. The molecule has 0 aromatic heterocycles. The molecule has 39 heavy (non-hydrogen) atoms. The molecule has 1 aliphatic heterocycles. The van der Waals surface area contributed by atoms with Crippen molar-refractivity contribution in [2.24, 2.45) is 5.92 Å². The Morgan fingerprint density at radius 2 is 1.36 bits per heavy atom. The van der Waals surface area contributed by atoms with Crippen molar-refractivity contribution in [1.29, 1.82) is 0 Å². The van der Waals surface area contributed by atoms with Gasteiger partial charge in [-0.3, -0.25) is 0 Å². The SMILES string of the molecule is CCCCCCCc1ccc(-c2ccc(-c3ccc(C4CCC(CCCCC)CO4)cc3F)cc2)c(F)c1F. The van der Waals surface area contributed by atoms with E-state index in [0.717, 1.165) is 50.7 Å². The highest BCUT2D eigenvalue weighted by Crippen LogP contribution is 2.35. The second-order valence-electron chi connectivity index (χ2n) is 11.1. The van der Waals surface area contributed by atoms with Gasteiger partial charge < -0.3 is 4.74 Å². The molecule has 0 aliphatic carbocycles. The van der Waals surface area contributed by atoms with Gasteiger partial charge in [-0.15, -0.1) is 0 Å². The number of hydrogen-bond acceptors (Lipinski definition) is 1. The highest BCUT2D eigenvalue weighted by molar-refractivity contribution is 5.71. The molecular weight excluding hydrogens is 493 g/mol.